The number of sulfone groups is 1. The van der Waals surface area contributed by atoms with Gasteiger partial charge in [0.1, 0.15) is 11.9 Å². The zero-order valence-electron chi connectivity index (χ0n) is 24.0. The first-order valence-electron chi connectivity index (χ1n) is 14.4. The molecule has 0 saturated heterocycles. The number of ether oxygens (including phenoxy) is 1. The van der Waals surface area contributed by atoms with Crippen LogP contribution in [0.15, 0.2) is 90.3 Å². The van der Waals surface area contributed by atoms with Gasteiger partial charge >= 0.3 is 0 Å². The van der Waals surface area contributed by atoms with Gasteiger partial charge in [0.25, 0.3) is 5.91 Å². The topological polar surface area (TPSA) is 128 Å². The molecule has 2 N–H and O–H groups in total. The van der Waals surface area contributed by atoms with Crippen LogP contribution in [0.1, 0.15) is 69.7 Å². The van der Waals surface area contributed by atoms with E-state index < -0.39 is 33.6 Å². The van der Waals surface area contributed by atoms with Crippen molar-refractivity contribution in [2.45, 2.75) is 61.9 Å². The first kappa shape index (κ1) is 30.2. The van der Waals surface area contributed by atoms with Crippen molar-refractivity contribution in [1.82, 2.24) is 14.9 Å². The highest BCUT2D eigenvalue weighted by molar-refractivity contribution is 7.90. The summed E-state index contributed by atoms with van der Waals surface area (Å²) < 4.78 is 36.7. The second-order valence-corrected chi connectivity index (χ2v) is 12.6. The number of aliphatic hydroxyl groups excluding tert-OH is 1. The number of benzene rings is 3. The molecule has 1 amide bonds. The Morgan fingerprint density at radius 1 is 1.07 bits per heavy atom. The van der Waals surface area contributed by atoms with Crippen molar-refractivity contribution in [2.75, 3.05) is 6.61 Å². The third-order valence-corrected chi connectivity index (χ3v) is 9.44. The van der Waals surface area contributed by atoms with Crippen LogP contribution in [-0.4, -0.2) is 47.4 Å². The normalized spacial score (nSPS) is 14.5. The third kappa shape index (κ3) is 6.87. The summed E-state index contributed by atoms with van der Waals surface area (Å²) in [5.74, 6) is -0.684. The lowest BCUT2D eigenvalue weighted by Gasteiger charge is -2.26. The molecule has 10 heteroatoms. The number of hydrogen-bond acceptors (Lipinski definition) is 7. The van der Waals surface area contributed by atoms with Gasteiger partial charge in [-0.05, 0) is 54.7 Å². The first-order chi connectivity index (χ1) is 20.8. The molecule has 0 spiro atoms. The molecule has 4 aromatic rings. The molecule has 9 nitrogen and oxygen atoms in total. The number of nitrogens with one attached hydrogen (secondary N) is 1. The molecule has 0 radical (unpaired) electrons. The number of fused-ring (bicyclic) bond motifs is 1. The summed E-state index contributed by atoms with van der Waals surface area (Å²) in [7, 11) is -4.09. The molecule has 2 atom stereocenters. The fraction of sp³-hybridized carbons (Fsp3) is 0.303. The molecule has 1 aliphatic carbocycles. The molecule has 0 saturated carbocycles. The van der Waals surface area contributed by atoms with Crippen molar-refractivity contribution >= 4 is 21.5 Å². The van der Waals surface area contributed by atoms with E-state index in [1.165, 1.54) is 12.1 Å². The van der Waals surface area contributed by atoms with Crippen molar-refractivity contribution in [3.05, 3.63) is 113 Å². The maximum Gasteiger partial charge on any atom is 0.252 e. The molecular formula is C33H35N3O6S. The van der Waals surface area contributed by atoms with Crippen molar-refractivity contribution in [3.8, 4) is 5.75 Å². The maximum atomic E-state index is 14.1. The number of ketones is 1. The number of hydrogen-bond donors (Lipinski definition) is 2. The summed E-state index contributed by atoms with van der Waals surface area (Å²) in [5.41, 5.74) is 2.50. The van der Waals surface area contributed by atoms with E-state index in [0.29, 0.717) is 54.7 Å². The molecule has 0 aliphatic heterocycles. The van der Waals surface area contributed by atoms with Gasteiger partial charge in [-0.2, -0.15) is 0 Å². The van der Waals surface area contributed by atoms with Gasteiger partial charge in [0, 0.05) is 29.9 Å². The molecule has 43 heavy (non-hydrogen) atoms. The molecule has 1 heterocycles. The highest BCUT2D eigenvalue weighted by atomic mass is 32.2. The fourth-order valence-electron chi connectivity index (χ4n) is 5.40. The highest BCUT2D eigenvalue weighted by Crippen LogP contribution is 2.37. The Labute approximate surface area is 251 Å². The second-order valence-electron chi connectivity index (χ2n) is 10.6. The Kier molecular flexibility index (Phi) is 9.37. The lowest BCUT2D eigenvalue weighted by molar-refractivity contribution is 0.0910. The average molecular weight is 602 g/mol. The summed E-state index contributed by atoms with van der Waals surface area (Å²) in [4.78, 5) is 30.0. The number of amides is 1. The van der Waals surface area contributed by atoms with Crippen LogP contribution in [0.5, 0.6) is 5.75 Å². The molecular weight excluding hydrogens is 566 g/mol. The van der Waals surface area contributed by atoms with Crippen LogP contribution in [0.2, 0.25) is 0 Å². The third-order valence-electron chi connectivity index (χ3n) is 7.75. The van der Waals surface area contributed by atoms with Crippen molar-refractivity contribution in [1.29, 1.82) is 0 Å². The Hall–Kier alpha value is -4.28. The van der Waals surface area contributed by atoms with Gasteiger partial charge in [0.05, 0.1) is 41.7 Å². The molecule has 5 rings (SSSR count). The molecule has 1 aromatic heterocycles. The zero-order valence-corrected chi connectivity index (χ0v) is 24.8. The fourth-order valence-corrected chi connectivity index (χ4v) is 7.03. The van der Waals surface area contributed by atoms with Crippen molar-refractivity contribution < 1.29 is 27.9 Å². The Balaban J connectivity index is 1.56. The summed E-state index contributed by atoms with van der Waals surface area (Å²) in [6.45, 7) is 1.99. The van der Waals surface area contributed by atoms with Crippen LogP contribution in [-0.2, 0) is 28.6 Å². The minimum absolute atomic E-state index is 0.0000124. The van der Waals surface area contributed by atoms with Crippen molar-refractivity contribution in [3.63, 3.8) is 0 Å². The minimum atomic E-state index is -4.09. The van der Waals surface area contributed by atoms with Crippen LogP contribution < -0.4 is 10.1 Å². The number of nitrogens with zero attached hydrogens (tertiary/aromatic N) is 2. The maximum absolute atomic E-state index is 14.1. The Morgan fingerprint density at radius 3 is 2.56 bits per heavy atom. The Morgan fingerprint density at radius 2 is 1.84 bits per heavy atom. The van der Waals surface area contributed by atoms with E-state index >= 15 is 0 Å². The van der Waals surface area contributed by atoms with E-state index in [1.54, 1.807) is 36.8 Å². The van der Waals surface area contributed by atoms with Crippen LogP contribution in [0.25, 0.3) is 0 Å². The molecule has 2 unspecified atom stereocenters. The summed E-state index contributed by atoms with van der Waals surface area (Å²) in [6.07, 6.45) is 6.77. The number of carbonyl (C=O) groups excluding carboxylic acids is 2. The van der Waals surface area contributed by atoms with E-state index in [2.05, 4.69) is 10.3 Å². The van der Waals surface area contributed by atoms with Gasteiger partial charge in [0.15, 0.2) is 15.6 Å². The van der Waals surface area contributed by atoms with Crippen LogP contribution >= 0.6 is 0 Å². The molecule has 1 aliphatic rings. The number of Topliss-reactive ketones (excluding diaryl/α,β-unsaturated/α-hetero) is 1. The SMILES string of the molecule is CCC(CO)NC(=O)c1ccccc1S(=O)(=O)Cc1c(OC(Cn2ccnc2)c2ccccc2)ccc2c1CCCC2=O. The van der Waals surface area contributed by atoms with Gasteiger partial charge in [-0.25, -0.2) is 13.4 Å². The van der Waals surface area contributed by atoms with E-state index in [-0.39, 0.29) is 22.8 Å². The number of aromatic nitrogens is 2. The largest absolute Gasteiger partial charge is 0.484 e. The average Bonchev–Trinajstić information content (AvgIpc) is 3.54. The lowest BCUT2D eigenvalue weighted by atomic mass is 9.87. The quantitative estimate of drug-likeness (QED) is 0.241. The molecule has 0 fully saturated rings. The smallest absolute Gasteiger partial charge is 0.252 e. The minimum Gasteiger partial charge on any atom is -0.484 e. The van der Waals surface area contributed by atoms with Crippen LogP contribution in [0.4, 0.5) is 0 Å². The number of aliphatic hydroxyl groups is 1. The second kappa shape index (κ2) is 13.4. The van der Waals surface area contributed by atoms with Crippen molar-refractivity contribution in [2.24, 2.45) is 0 Å². The van der Waals surface area contributed by atoms with E-state index in [9.17, 15) is 23.1 Å². The van der Waals surface area contributed by atoms with Gasteiger partial charge in [-0.3, -0.25) is 9.59 Å². The first-order valence-corrected chi connectivity index (χ1v) is 16.0. The molecule has 0 bridgehead atoms. The summed E-state index contributed by atoms with van der Waals surface area (Å²) >= 11 is 0. The molecule has 3 aromatic carbocycles. The van der Waals surface area contributed by atoms with E-state index in [0.717, 1.165) is 5.56 Å². The summed E-state index contributed by atoms with van der Waals surface area (Å²) in [5, 5.41) is 12.3. The van der Waals surface area contributed by atoms with Gasteiger partial charge in [0.2, 0.25) is 0 Å². The number of carbonyl (C=O) groups is 2. The monoisotopic (exact) mass is 601 g/mol. The zero-order chi connectivity index (χ0) is 30.4. The number of rotatable bonds is 12. The predicted octanol–water partition coefficient (Wildman–Crippen LogP) is 4.70. The summed E-state index contributed by atoms with van der Waals surface area (Å²) in [6, 6.07) is 18.6. The van der Waals surface area contributed by atoms with Gasteiger partial charge < -0.3 is 19.7 Å². The van der Waals surface area contributed by atoms with E-state index in [1.807, 2.05) is 48.0 Å². The standard InChI is InChI=1S/C33H35N3O6S/c1-2-24(20-37)35-33(39)27-11-6-7-14-32(27)43(40,41)21-28-25-12-8-13-29(38)26(25)15-16-30(28)42-31(19-36-18-17-34-22-36)23-9-4-3-5-10-23/h3-7,9-11,14-18,22,24,31,37H,2,8,12-13,19-21H2,1H3,(H,35,39). The number of imidazole rings is 1. The van der Waals surface area contributed by atoms with Crippen LogP contribution in [0.3, 0.4) is 0 Å². The van der Waals surface area contributed by atoms with Gasteiger partial charge in [-0.1, -0.05) is 49.4 Å². The van der Waals surface area contributed by atoms with Crippen LogP contribution in [0, 0.1) is 0 Å². The highest BCUT2D eigenvalue weighted by Gasteiger charge is 2.30. The Bertz CT molecular complexity index is 1680. The predicted molar refractivity (Wildman–Crippen MR) is 162 cm³/mol. The lowest BCUT2D eigenvalue weighted by Crippen LogP contribution is -2.37. The van der Waals surface area contributed by atoms with Gasteiger partial charge in [-0.15, -0.1) is 0 Å². The molecule has 224 valence electrons. The van der Waals surface area contributed by atoms with E-state index in [4.69, 9.17) is 4.74 Å².